The normalized spacial score (nSPS) is 32.2. The molecule has 12 unspecified atom stereocenters. The van der Waals surface area contributed by atoms with Gasteiger partial charge in [-0.05, 0) is 153 Å². The van der Waals surface area contributed by atoms with E-state index in [1.807, 2.05) is 0 Å². The zero-order valence-electron chi connectivity index (χ0n) is 38.5. The zero-order chi connectivity index (χ0) is 41.9. The van der Waals surface area contributed by atoms with Crippen LogP contribution in [0, 0.1) is 65.1 Å². The Labute approximate surface area is 373 Å². The third-order valence-corrected chi connectivity index (χ3v) is 16.0. The molecule has 0 saturated heterocycles. The van der Waals surface area contributed by atoms with Crippen molar-refractivity contribution in [3.8, 4) is 0 Å². The number of fused-ring (bicyclic) bond motifs is 8. The van der Waals surface area contributed by atoms with E-state index in [-0.39, 0.29) is 0 Å². The molecule has 4 fully saturated rings. The Morgan fingerprint density at radius 3 is 1.46 bits per heavy atom. The smallest absolute Gasteiger partial charge is 0.0701 e. The molecule has 0 aromatic heterocycles. The Morgan fingerprint density at radius 2 is 0.934 bits per heavy atom. The predicted octanol–water partition coefficient (Wildman–Crippen LogP) is 14.8. The van der Waals surface area contributed by atoms with Gasteiger partial charge in [-0.25, -0.2) is 0 Å². The van der Waals surface area contributed by atoms with Crippen LogP contribution in [0.5, 0.6) is 0 Å². The van der Waals surface area contributed by atoms with Gasteiger partial charge in [-0.3, -0.25) is 0 Å². The van der Waals surface area contributed by atoms with Crippen LogP contribution in [0.15, 0.2) is 109 Å². The summed E-state index contributed by atoms with van der Waals surface area (Å²) in [5.41, 5.74) is 3.05. The van der Waals surface area contributed by atoms with Gasteiger partial charge < -0.3 is 14.2 Å². The number of benzene rings is 2. The molecular weight excluding hydrogens is 745 g/mol. The molecule has 12 atom stereocenters. The summed E-state index contributed by atoms with van der Waals surface area (Å²) in [5, 5.41) is 0. The summed E-state index contributed by atoms with van der Waals surface area (Å²) in [6.45, 7) is 5.91. The van der Waals surface area contributed by atoms with Gasteiger partial charge in [0.25, 0.3) is 0 Å². The van der Waals surface area contributed by atoms with Crippen molar-refractivity contribution in [2.75, 3.05) is 40.1 Å². The fourth-order valence-corrected chi connectivity index (χ4v) is 12.5. The molecule has 0 spiro atoms. The first-order valence-corrected chi connectivity index (χ1v) is 25.6. The minimum atomic E-state index is 0.663. The summed E-state index contributed by atoms with van der Waals surface area (Å²) in [6.07, 6.45) is 46.7. The zero-order valence-corrected chi connectivity index (χ0v) is 38.5. The van der Waals surface area contributed by atoms with E-state index in [2.05, 4.69) is 116 Å². The van der Waals surface area contributed by atoms with Crippen LogP contribution in [0.25, 0.3) is 0 Å². The minimum absolute atomic E-state index is 0.663. The standard InChI is InChI=1S/C17H30.C15H18.C13H22O3.C13H14/c1-2-3-4-5-6-7-8-9-10-16-13-15-11-12-17(16)14-15;1-2-4-12(5-3-1)6-8-14-10-13-7-9-15(14)11-13;1-14-4-5-15-6-7-16-10-13-9-11-2-3-12(13)8-11;1-2-4-11(5-3-1)13-9-10-6-7-12(13)8-10/h11-12,15-17H,2-10,13-14H2,1H3;1-5,7,9,13-15H,6,8,10-11H2;2-3,11-13H,4-10H2,1H3;1-7,10,12-13H,8-9H2. The van der Waals surface area contributed by atoms with Crippen molar-refractivity contribution in [3.05, 3.63) is 120 Å². The number of methoxy groups -OCH3 is 1. The first-order chi connectivity index (χ1) is 30.1. The number of hydrogen-bond acceptors (Lipinski definition) is 3. The summed E-state index contributed by atoms with van der Waals surface area (Å²) in [7, 11) is 1.68. The SMILES string of the molecule is C1=CC2CC1CC2CCc1ccccc1.C1=CC2CC1CC2c1ccccc1.CCCCCCCCCCC1CC2C=CC1C2.COCCOCCOCC1CC2C=CC1C2. The lowest BCUT2D eigenvalue weighted by atomic mass is 9.87. The lowest BCUT2D eigenvalue weighted by Gasteiger charge is -2.17. The third-order valence-electron chi connectivity index (χ3n) is 16.0. The number of allylic oxidation sites excluding steroid dienone is 8. The number of aryl methyl sites for hydroxylation is 1. The highest BCUT2D eigenvalue weighted by Gasteiger charge is 2.38. The predicted molar refractivity (Wildman–Crippen MR) is 257 cm³/mol. The van der Waals surface area contributed by atoms with E-state index in [0.717, 1.165) is 77.6 Å². The Balaban J connectivity index is 0.000000123. The van der Waals surface area contributed by atoms with Gasteiger partial charge in [0.2, 0.25) is 0 Å². The van der Waals surface area contributed by atoms with E-state index in [1.165, 1.54) is 128 Å². The molecule has 8 bridgehead atoms. The maximum Gasteiger partial charge on any atom is 0.0701 e. The molecule has 0 heterocycles. The highest BCUT2D eigenvalue weighted by molar-refractivity contribution is 5.27. The van der Waals surface area contributed by atoms with Crippen molar-refractivity contribution >= 4 is 0 Å². The summed E-state index contributed by atoms with van der Waals surface area (Å²) >= 11 is 0. The van der Waals surface area contributed by atoms with Gasteiger partial charge in [0.05, 0.1) is 33.0 Å². The molecule has 0 amide bonds. The summed E-state index contributed by atoms with van der Waals surface area (Å²) < 4.78 is 15.9. The average molecular weight is 829 g/mol. The number of rotatable bonds is 21. The van der Waals surface area contributed by atoms with Crippen LogP contribution in [-0.2, 0) is 20.6 Å². The van der Waals surface area contributed by atoms with E-state index in [9.17, 15) is 0 Å². The monoisotopic (exact) mass is 829 g/mol. The Kier molecular flexibility index (Phi) is 19.4. The fraction of sp³-hybridized carbons (Fsp3) is 0.655. The van der Waals surface area contributed by atoms with Gasteiger partial charge in [0, 0.05) is 7.11 Å². The molecule has 8 aliphatic rings. The van der Waals surface area contributed by atoms with E-state index in [4.69, 9.17) is 14.2 Å². The van der Waals surface area contributed by atoms with E-state index >= 15 is 0 Å². The molecule has 0 aliphatic heterocycles. The summed E-state index contributed by atoms with van der Waals surface area (Å²) in [5.74, 6) is 10.8. The van der Waals surface area contributed by atoms with Crippen molar-refractivity contribution < 1.29 is 14.2 Å². The van der Waals surface area contributed by atoms with Gasteiger partial charge in [0.1, 0.15) is 0 Å². The van der Waals surface area contributed by atoms with Crippen LogP contribution < -0.4 is 0 Å². The van der Waals surface area contributed by atoms with Crippen molar-refractivity contribution in [2.45, 2.75) is 135 Å². The minimum Gasteiger partial charge on any atom is -0.382 e. The molecular formula is C58H84O3. The van der Waals surface area contributed by atoms with E-state index in [0.29, 0.717) is 26.4 Å². The van der Waals surface area contributed by atoms with Crippen LogP contribution in [0.2, 0.25) is 0 Å². The first kappa shape index (κ1) is 46.3. The molecule has 2 aromatic carbocycles. The fourth-order valence-electron chi connectivity index (χ4n) is 12.5. The van der Waals surface area contributed by atoms with Gasteiger partial charge >= 0.3 is 0 Å². The van der Waals surface area contributed by atoms with Crippen LogP contribution in [-0.4, -0.2) is 40.1 Å². The maximum absolute atomic E-state index is 5.65. The van der Waals surface area contributed by atoms with Gasteiger partial charge in [-0.1, -0.05) is 168 Å². The molecule has 8 aliphatic carbocycles. The van der Waals surface area contributed by atoms with E-state index in [1.54, 1.807) is 12.7 Å². The molecule has 2 aromatic rings. The largest absolute Gasteiger partial charge is 0.382 e. The van der Waals surface area contributed by atoms with Crippen LogP contribution in [0.3, 0.4) is 0 Å². The average Bonchev–Trinajstić information content (AvgIpc) is 4.18. The topological polar surface area (TPSA) is 27.7 Å². The molecule has 10 rings (SSSR count). The van der Waals surface area contributed by atoms with Gasteiger partial charge in [-0.2, -0.15) is 0 Å². The summed E-state index contributed by atoms with van der Waals surface area (Å²) in [4.78, 5) is 0. The number of hydrogen-bond donors (Lipinski definition) is 0. The lowest BCUT2D eigenvalue weighted by molar-refractivity contribution is 0.0131. The molecule has 3 heteroatoms. The Hall–Kier alpha value is -2.72. The number of ether oxygens (including phenoxy) is 3. The second-order valence-electron chi connectivity index (χ2n) is 20.4. The molecule has 4 saturated carbocycles. The molecule has 0 radical (unpaired) electrons. The van der Waals surface area contributed by atoms with Crippen molar-refractivity contribution in [1.82, 2.24) is 0 Å². The van der Waals surface area contributed by atoms with Crippen molar-refractivity contribution in [1.29, 1.82) is 0 Å². The highest BCUT2D eigenvalue weighted by atomic mass is 16.5. The summed E-state index contributed by atoms with van der Waals surface area (Å²) in [6, 6.07) is 21.9. The maximum atomic E-state index is 5.65. The van der Waals surface area contributed by atoms with Crippen molar-refractivity contribution in [3.63, 3.8) is 0 Å². The molecule has 61 heavy (non-hydrogen) atoms. The Morgan fingerprint density at radius 1 is 0.443 bits per heavy atom. The molecule has 0 N–H and O–H groups in total. The van der Waals surface area contributed by atoms with Crippen LogP contribution in [0.4, 0.5) is 0 Å². The Bertz CT molecular complexity index is 1610. The van der Waals surface area contributed by atoms with Crippen LogP contribution >= 0.6 is 0 Å². The van der Waals surface area contributed by atoms with Crippen LogP contribution in [0.1, 0.15) is 140 Å². The van der Waals surface area contributed by atoms with Gasteiger partial charge in [0.15, 0.2) is 0 Å². The highest BCUT2D eigenvalue weighted by Crippen LogP contribution is 2.49. The third kappa shape index (κ3) is 14.7. The molecule has 334 valence electrons. The molecule has 3 nitrogen and oxygen atoms in total. The lowest BCUT2D eigenvalue weighted by Crippen LogP contribution is -2.17. The second kappa shape index (κ2) is 25.5. The first-order valence-electron chi connectivity index (χ1n) is 25.6. The second-order valence-corrected chi connectivity index (χ2v) is 20.4. The number of unbranched alkanes of at least 4 members (excludes halogenated alkanes) is 7. The van der Waals surface area contributed by atoms with Gasteiger partial charge in [-0.15, -0.1) is 0 Å². The van der Waals surface area contributed by atoms with Crippen molar-refractivity contribution in [2.24, 2.45) is 65.1 Å². The van der Waals surface area contributed by atoms with E-state index < -0.39 is 0 Å². The quantitative estimate of drug-likeness (QED) is 0.0927.